The standard InChI is InChI=1S/C12H12N2O4/c1-2-8-3-5-9(6-4-8)17-7-10-13-14-11(18-10)12(15)16/h3-6H,2,7H2,1H3,(H,15,16). The lowest BCUT2D eigenvalue weighted by atomic mass is 10.2. The lowest BCUT2D eigenvalue weighted by molar-refractivity contribution is 0.0649. The van der Waals surface area contributed by atoms with E-state index in [9.17, 15) is 4.79 Å². The van der Waals surface area contributed by atoms with Crippen molar-refractivity contribution in [2.45, 2.75) is 20.0 Å². The van der Waals surface area contributed by atoms with E-state index in [1.54, 1.807) is 0 Å². The zero-order valence-electron chi connectivity index (χ0n) is 9.79. The highest BCUT2D eigenvalue weighted by atomic mass is 16.5. The van der Waals surface area contributed by atoms with Gasteiger partial charge < -0.3 is 14.3 Å². The zero-order chi connectivity index (χ0) is 13.0. The van der Waals surface area contributed by atoms with E-state index in [4.69, 9.17) is 14.3 Å². The summed E-state index contributed by atoms with van der Waals surface area (Å²) in [5.74, 6) is -0.884. The summed E-state index contributed by atoms with van der Waals surface area (Å²) in [5, 5.41) is 15.5. The maximum Gasteiger partial charge on any atom is 0.393 e. The van der Waals surface area contributed by atoms with Gasteiger partial charge in [-0.3, -0.25) is 0 Å². The Morgan fingerprint density at radius 1 is 1.33 bits per heavy atom. The van der Waals surface area contributed by atoms with Gasteiger partial charge in [-0.05, 0) is 24.1 Å². The fourth-order valence-electron chi connectivity index (χ4n) is 1.36. The van der Waals surface area contributed by atoms with Crippen LogP contribution in [0.15, 0.2) is 28.7 Å². The molecule has 1 N–H and O–H groups in total. The summed E-state index contributed by atoms with van der Waals surface area (Å²) in [4.78, 5) is 10.5. The van der Waals surface area contributed by atoms with Crippen molar-refractivity contribution in [2.75, 3.05) is 0 Å². The van der Waals surface area contributed by atoms with Gasteiger partial charge in [-0.25, -0.2) is 4.79 Å². The number of ether oxygens (including phenoxy) is 1. The van der Waals surface area contributed by atoms with E-state index in [1.807, 2.05) is 24.3 Å². The van der Waals surface area contributed by atoms with Crippen LogP contribution in [0, 0.1) is 0 Å². The lowest BCUT2D eigenvalue weighted by Gasteiger charge is -2.03. The first-order valence-corrected chi connectivity index (χ1v) is 5.46. The number of carboxylic acid groups (broad SMARTS) is 1. The van der Waals surface area contributed by atoms with Crippen LogP contribution in [0.25, 0.3) is 0 Å². The van der Waals surface area contributed by atoms with Crippen LogP contribution in [0.1, 0.15) is 29.1 Å². The molecule has 0 fully saturated rings. The molecule has 0 radical (unpaired) electrons. The van der Waals surface area contributed by atoms with Crippen molar-refractivity contribution < 1.29 is 19.1 Å². The van der Waals surface area contributed by atoms with Crippen LogP contribution in [0.5, 0.6) is 5.75 Å². The Balaban J connectivity index is 1.95. The number of benzene rings is 1. The molecule has 0 unspecified atom stereocenters. The van der Waals surface area contributed by atoms with Crippen molar-refractivity contribution in [1.29, 1.82) is 0 Å². The Bertz CT molecular complexity index is 533. The maximum absolute atomic E-state index is 10.5. The topological polar surface area (TPSA) is 85.5 Å². The fraction of sp³-hybridized carbons (Fsp3) is 0.250. The summed E-state index contributed by atoms with van der Waals surface area (Å²) in [7, 11) is 0. The summed E-state index contributed by atoms with van der Waals surface area (Å²) in [6.07, 6.45) is 0.964. The summed E-state index contributed by atoms with van der Waals surface area (Å²) >= 11 is 0. The number of nitrogens with zero attached hydrogens (tertiary/aromatic N) is 2. The number of aromatic carboxylic acids is 1. The number of hydrogen-bond donors (Lipinski definition) is 1. The Kier molecular flexibility index (Phi) is 3.57. The van der Waals surface area contributed by atoms with Crippen LogP contribution < -0.4 is 4.74 Å². The fourth-order valence-corrected chi connectivity index (χ4v) is 1.36. The highest BCUT2D eigenvalue weighted by Gasteiger charge is 2.12. The third-order valence-electron chi connectivity index (χ3n) is 2.34. The predicted octanol–water partition coefficient (Wildman–Crippen LogP) is 1.91. The Hall–Kier alpha value is -2.37. The molecule has 0 atom stereocenters. The molecule has 6 heteroatoms. The number of carboxylic acids is 1. The minimum absolute atomic E-state index is 0.0474. The summed E-state index contributed by atoms with van der Waals surface area (Å²) in [5.41, 5.74) is 1.22. The molecule has 2 rings (SSSR count). The van der Waals surface area contributed by atoms with E-state index >= 15 is 0 Å². The molecule has 94 valence electrons. The highest BCUT2D eigenvalue weighted by molar-refractivity contribution is 5.81. The van der Waals surface area contributed by atoms with Crippen LogP contribution in [-0.2, 0) is 13.0 Å². The summed E-state index contributed by atoms with van der Waals surface area (Å²) in [6.45, 7) is 2.12. The second-order valence-electron chi connectivity index (χ2n) is 3.59. The molecule has 0 saturated carbocycles. The number of rotatable bonds is 5. The van der Waals surface area contributed by atoms with Gasteiger partial charge in [0.05, 0.1) is 0 Å². The van der Waals surface area contributed by atoms with Crippen molar-refractivity contribution >= 4 is 5.97 Å². The van der Waals surface area contributed by atoms with Crippen molar-refractivity contribution in [3.8, 4) is 5.75 Å². The molecule has 0 saturated heterocycles. The van der Waals surface area contributed by atoms with Gasteiger partial charge in [0.15, 0.2) is 6.61 Å². The van der Waals surface area contributed by atoms with Gasteiger partial charge in [0.1, 0.15) is 5.75 Å². The number of carbonyl (C=O) groups is 1. The number of aromatic nitrogens is 2. The van der Waals surface area contributed by atoms with Crippen molar-refractivity contribution in [1.82, 2.24) is 10.2 Å². The van der Waals surface area contributed by atoms with Gasteiger partial charge in [-0.1, -0.05) is 19.1 Å². The smallest absolute Gasteiger partial charge is 0.393 e. The van der Waals surface area contributed by atoms with Crippen LogP contribution in [-0.4, -0.2) is 21.3 Å². The molecule has 1 aromatic carbocycles. The SMILES string of the molecule is CCc1ccc(OCc2nnc(C(=O)O)o2)cc1. The van der Waals surface area contributed by atoms with E-state index < -0.39 is 11.9 Å². The second-order valence-corrected chi connectivity index (χ2v) is 3.59. The first kappa shape index (κ1) is 12.1. The molecule has 0 spiro atoms. The Labute approximate surface area is 103 Å². The van der Waals surface area contributed by atoms with Crippen LogP contribution in [0.2, 0.25) is 0 Å². The molecule has 1 heterocycles. The van der Waals surface area contributed by atoms with Crippen LogP contribution in [0.3, 0.4) is 0 Å². The average molecular weight is 248 g/mol. The summed E-state index contributed by atoms with van der Waals surface area (Å²) < 4.78 is 10.3. The van der Waals surface area contributed by atoms with E-state index in [0.29, 0.717) is 5.75 Å². The highest BCUT2D eigenvalue weighted by Crippen LogP contribution is 2.14. The van der Waals surface area contributed by atoms with Crippen molar-refractivity contribution in [3.05, 3.63) is 41.6 Å². The lowest BCUT2D eigenvalue weighted by Crippen LogP contribution is -1.96. The molecule has 0 aliphatic carbocycles. The zero-order valence-corrected chi connectivity index (χ0v) is 9.79. The minimum Gasteiger partial charge on any atom is -0.484 e. The number of aryl methyl sites for hydroxylation is 1. The van der Waals surface area contributed by atoms with Gasteiger partial charge in [-0.2, -0.15) is 0 Å². The monoisotopic (exact) mass is 248 g/mol. The van der Waals surface area contributed by atoms with E-state index in [0.717, 1.165) is 6.42 Å². The average Bonchev–Trinajstić information content (AvgIpc) is 2.86. The normalized spacial score (nSPS) is 10.3. The third-order valence-corrected chi connectivity index (χ3v) is 2.34. The minimum atomic E-state index is -1.25. The molecule has 6 nitrogen and oxygen atoms in total. The predicted molar refractivity (Wildman–Crippen MR) is 61.4 cm³/mol. The molecule has 0 aliphatic heterocycles. The van der Waals surface area contributed by atoms with Crippen LogP contribution in [0.4, 0.5) is 0 Å². The van der Waals surface area contributed by atoms with E-state index in [1.165, 1.54) is 5.56 Å². The molecule has 2 aromatic rings. The quantitative estimate of drug-likeness (QED) is 0.869. The Morgan fingerprint density at radius 3 is 2.61 bits per heavy atom. The van der Waals surface area contributed by atoms with Gasteiger partial charge in [-0.15, -0.1) is 10.2 Å². The molecule has 0 bridgehead atoms. The second kappa shape index (κ2) is 5.31. The molecule has 0 amide bonds. The Morgan fingerprint density at radius 2 is 2.06 bits per heavy atom. The van der Waals surface area contributed by atoms with Gasteiger partial charge >= 0.3 is 11.9 Å². The molecule has 18 heavy (non-hydrogen) atoms. The van der Waals surface area contributed by atoms with E-state index in [2.05, 4.69) is 17.1 Å². The summed E-state index contributed by atoms with van der Waals surface area (Å²) in [6, 6.07) is 7.61. The number of hydrogen-bond acceptors (Lipinski definition) is 5. The van der Waals surface area contributed by atoms with Crippen molar-refractivity contribution in [3.63, 3.8) is 0 Å². The van der Waals surface area contributed by atoms with Gasteiger partial charge in [0, 0.05) is 0 Å². The van der Waals surface area contributed by atoms with Crippen molar-refractivity contribution in [2.24, 2.45) is 0 Å². The maximum atomic E-state index is 10.5. The molecule has 1 aromatic heterocycles. The first-order chi connectivity index (χ1) is 8.69. The molecule has 0 aliphatic rings. The van der Waals surface area contributed by atoms with Gasteiger partial charge in [0.25, 0.3) is 5.89 Å². The molecular formula is C12H12N2O4. The first-order valence-electron chi connectivity index (χ1n) is 5.46. The third kappa shape index (κ3) is 2.85. The van der Waals surface area contributed by atoms with Crippen LogP contribution >= 0.6 is 0 Å². The molecular weight excluding hydrogens is 236 g/mol. The van der Waals surface area contributed by atoms with E-state index in [-0.39, 0.29) is 12.5 Å². The largest absolute Gasteiger partial charge is 0.484 e. The van der Waals surface area contributed by atoms with Gasteiger partial charge in [0.2, 0.25) is 0 Å².